The fourth-order valence-corrected chi connectivity index (χ4v) is 3.26. The summed E-state index contributed by atoms with van der Waals surface area (Å²) in [6, 6.07) is 8.28. The van der Waals surface area contributed by atoms with Gasteiger partial charge >= 0.3 is 5.97 Å². The number of carbonyl (C=O) groups excluding carboxylic acids is 1. The SMILES string of the molecule is COC(=O)C(O)C1CCN(Cc2cc3cc(C)ccc3o2)CC1. The largest absolute Gasteiger partial charge is 0.467 e. The summed E-state index contributed by atoms with van der Waals surface area (Å²) in [4.78, 5) is 13.7. The summed E-state index contributed by atoms with van der Waals surface area (Å²) < 4.78 is 10.5. The fraction of sp³-hybridized carbons (Fsp3) is 0.500. The standard InChI is InChI=1S/C18H23NO4/c1-12-3-4-16-14(9-12)10-15(23-16)11-19-7-5-13(6-8-19)17(20)18(21)22-2/h3-4,9-10,13,17,20H,5-8,11H2,1-2H3. The summed E-state index contributed by atoms with van der Waals surface area (Å²) in [5.74, 6) is 0.408. The van der Waals surface area contributed by atoms with Gasteiger partial charge in [0.15, 0.2) is 6.10 Å². The van der Waals surface area contributed by atoms with E-state index >= 15 is 0 Å². The molecule has 3 rings (SSSR count). The van der Waals surface area contributed by atoms with Gasteiger partial charge in [-0.3, -0.25) is 4.90 Å². The smallest absolute Gasteiger partial charge is 0.334 e. The fourth-order valence-electron chi connectivity index (χ4n) is 3.26. The Bertz CT molecular complexity index is 685. The lowest BCUT2D eigenvalue weighted by Gasteiger charge is -2.32. The molecule has 23 heavy (non-hydrogen) atoms. The quantitative estimate of drug-likeness (QED) is 0.878. The Hall–Kier alpha value is -1.85. The van der Waals surface area contributed by atoms with Gasteiger partial charge in [0.1, 0.15) is 11.3 Å². The van der Waals surface area contributed by atoms with E-state index in [0.717, 1.165) is 49.2 Å². The average molecular weight is 317 g/mol. The van der Waals surface area contributed by atoms with E-state index in [4.69, 9.17) is 4.42 Å². The van der Waals surface area contributed by atoms with E-state index in [0.29, 0.717) is 0 Å². The van der Waals surface area contributed by atoms with Gasteiger partial charge in [0.25, 0.3) is 0 Å². The zero-order valence-electron chi connectivity index (χ0n) is 13.6. The van der Waals surface area contributed by atoms with Gasteiger partial charge in [-0.2, -0.15) is 0 Å². The Balaban J connectivity index is 1.58. The Morgan fingerprint density at radius 3 is 2.83 bits per heavy atom. The number of ether oxygens (including phenoxy) is 1. The zero-order chi connectivity index (χ0) is 16.4. The van der Waals surface area contributed by atoms with Gasteiger partial charge in [-0.05, 0) is 57.0 Å². The number of hydrogen-bond donors (Lipinski definition) is 1. The van der Waals surface area contributed by atoms with Crippen LogP contribution in [0.1, 0.15) is 24.2 Å². The van der Waals surface area contributed by atoms with Crippen LogP contribution in [0.3, 0.4) is 0 Å². The summed E-state index contributed by atoms with van der Waals surface area (Å²) in [5, 5.41) is 11.1. The van der Waals surface area contributed by atoms with Crippen molar-refractivity contribution in [3.05, 3.63) is 35.6 Å². The monoisotopic (exact) mass is 317 g/mol. The molecule has 1 unspecified atom stereocenters. The molecule has 5 heteroatoms. The number of aliphatic hydroxyl groups excluding tert-OH is 1. The highest BCUT2D eigenvalue weighted by Crippen LogP contribution is 2.25. The molecule has 124 valence electrons. The highest BCUT2D eigenvalue weighted by Gasteiger charge is 2.30. The van der Waals surface area contributed by atoms with E-state index in [-0.39, 0.29) is 5.92 Å². The van der Waals surface area contributed by atoms with Gasteiger partial charge < -0.3 is 14.3 Å². The molecule has 2 heterocycles. The molecular formula is C18H23NO4. The summed E-state index contributed by atoms with van der Waals surface area (Å²) in [6.45, 7) is 4.52. The van der Waals surface area contributed by atoms with Crippen molar-refractivity contribution >= 4 is 16.9 Å². The number of hydrogen-bond acceptors (Lipinski definition) is 5. The van der Waals surface area contributed by atoms with Crippen LogP contribution >= 0.6 is 0 Å². The van der Waals surface area contributed by atoms with Crippen LogP contribution in [0.5, 0.6) is 0 Å². The number of benzene rings is 1. The molecule has 0 bridgehead atoms. The number of esters is 1. The molecule has 1 saturated heterocycles. The highest BCUT2D eigenvalue weighted by molar-refractivity contribution is 5.78. The van der Waals surface area contributed by atoms with E-state index < -0.39 is 12.1 Å². The number of furan rings is 1. The number of methoxy groups -OCH3 is 1. The Labute approximate surface area is 135 Å². The predicted molar refractivity (Wildman–Crippen MR) is 87.0 cm³/mol. The molecule has 1 atom stereocenters. The van der Waals surface area contributed by atoms with Crippen molar-refractivity contribution in [3.63, 3.8) is 0 Å². The molecule has 1 aromatic carbocycles. The van der Waals surface area contributed by atoms with Crippen LogP contribution in [0.15, 0.2) is 28.7 Å². The second-order valence-corrected chi connectivity index (χ2v) is 6.34. The molecule has 0 saturated carbocycles. The second-order valence-electron chi connectivity index (χ2n) is 6.34. The maximum atomic E-state index is 11.4. The lowest BCUT2D eigenvalue weighted by Crippen LogP contribution is -2.40. The van der Waals surface area contributed by atoms with Crippen LogP contribution in [-0.2, 0) is 16.1 Å². The molecule has 1 fully saturated rings. The first kappa shape index (κ1) is 16.0. The van der Waals surface area contributed by atoms with E-state index in [2.05, 4.69) is 34.8 Å². The molecule has 0 amide bonds. The maximum Gasteiger partial charge on any atom is 0.334 e. The predicted octanol–water partition coefficient (Wildman–Crippen LogP) is 2.49. The first-order valence-electron chi connectivity index (χ1n) is 8.04. The molecule has 0 radical (unpaired) electrons. The van der Waals surface area contributed by atoms with Crippen LogP contribution in [0.25, 0.3) is 11.0 Å². The summed E-state index contributed by atoms with van der Waals surface area (Å²) in [7, 11) is 1.31. The van der Waals surface area contributed by atoms with E-state index in [1.165, 1.54) is 12.7 Å². The highest BCUT2D eigenvalue weighted by atomic mass is 16.5. The van der Waals surface area contributed by atoms with E-state index in [1.807, 2.05) is 6.07 Å². The van der Waals surface area contributed by atoms with Crippen LogP contribution in [0.2, 0.25) is 0 Å². The van der Waals surface area contributed by atoms with Crippen LogP contribution < -0.4 is 0 Å². The number of aryl methyl sites for hydroxylation is 1. The third-order valence-corrected chi connectivity index (χ3v) is 4.62. The minimum Gasteiger partial charge on any atom is -0.467 e. The zero-order valence-corrected chi connectivity index (χ0v) is 13.6. The lowest BCUT2D eigenvalue weighted by atomic mass is 9.91. The van der Waals surface area contributed by atoms with Gasteiger partial charge in [0, 0.05) is 5.39 Å². The number of fused-ring (bicyclic) bond motifs is 1. The average Bonchev–Trinajstić information content (AvgIpc) is 2.95. The minimum absolute atomic E-state index is 0.0166. The second kappa shape index (κ2) is 6.72. The molecule has 1 aliphatic heterocycles. The molecule has 1 aromatic heterocycles. The normalized spacial score (nSPS) is 18.2. The van der Waals surface area contributed by atoms with E-state index in [1.54, 1.807) is 0 Å². The molecular weight excluding hydrogens is 294 g/mol. The van der Waals surface area contributed by atoms with Gasteiger partial charge in [0.05, 0.1) is 13.7 Å². The Kier molecular flexibility index (Phi) is 4.68. The van der Waals surface area contributed by atoms with Gasteiger partial charge in [0.2, 0.25) is 0 Å². The molecule has 1 aliphatic rings. The van der Waals surface area contributed by atoms with Gasteiger partial charge in [-0.15, -0.1) is 0 Å². The topological polar surface area (TPSA) is 62.9 Å². The molecule has 1 N–H and O–H groups in total. The minimum atomic E-state index is -1.00. The summed E-state index contributed by atoms with van der Waals surface area (Å²) in [6.07, 6.45) is 0.571. The van der Waals surface area contributed by atoms with Crippen molar-refractivity contribution in [1.82, 2.24) is 4.90 Å². The maximum absolute atomic E-state index is 11.4. The third kappa shape index (κ3) is 3.57. The number of likely N-dealkylation sites (tertiary alicyclic amines) is 1. The number of aliphatic hydroxyl groups is 1. The molecule has 2 aromatic rings. The summed E-state index contributed by atoms with van der Waals surface area (Å²) >= 11 is 0. The number of piperidine rings is 1. The molecule has 5 nitrogen and oxygen atoms in total. The Morgan fingerprint density at radius 1 is 1.39 bits per heavy atom. The first-order valence-corrected chi connectivity index (χ1v) is 8.04. The van der Waals surface area contributed by atoms with Crippen molar-refractivity contribution in [3.8, 4) is 0 Å². The van der Waals surface area contributed by atoms with Crippen LogP contribution in [0, 0.1) is 12.8 Å². The van der Waals surface area contributed by atoms with Gasteiger partial charge in [-0.25, -0.2) is 4.79 Å². The summed E-state index contributed by atoms with van der Waals surface area (Å²) in [5.41, 5.74) is 2.14. The number of rotatable bonds is 4. The number of carbonyl (C=O) groups is 1. The number of nitrogens with zero attached hydrogens (tertiary/aromatic N) is 1. The van der Waals surface area contributed by atoms with Crippen molar-refractivity contribution < 1.29 is 19.1 Å². The van der Waals surface area contributed by atoms with Gasteiger partial charge in [-0.1, -0.05) is 11.6 Å². The van der Waals surface area contributed by atoms with Crippen molar-refractivity contribution in [2.45, 2.75) is 32.4 Å². The third-order valence-electron chi connectivity index (χ3n) is 4.62. The van der Waals surface area contributed by atoms with Crippen molar-refractivity contribution in [1.29, 1.82) is 0 Å². The van der Waals surface area contributed by atoms with Crippen LogP contribution in [0.4, 0.5) is 0 Å². The van der Waals surface area contributed by atoms with Crippen molar-refractivity contribution in [2.75, 3.05) is 20.2 Å². The van der Waals surface area contributed by atoms with Crippen LogP contribution in [-0.4, -0.2) is 42.3 Å². The Morgan fingerprint density at radius 2 is 2.13 bits per heavy atom. The molecule has 0 spiro atoms. The molecule has 0 aliphatic carbocycles. The first-order chi connectivity index (χ1) is 11.1. The lowest BCUT2D eigenvalue weighted by molar-refractivity contribution is -0.154. The van der Waals surface area contributed by atoms with E-state index in [9.17, 15) is 9.90 Å². The van der Waals surface area contributed by atoms with Crippen molar-refractivity contribution in [2.24, 2.45) is 5.92 Å².